The van der Waals surface area contributed by atoms with E-state index in [1.165, 1.54) is 6.42 Å². The second kappa shape index (κ2) is 4.12. The average Bonchev–Trinajstić information content (AvgIpc) is 2.14. The molecule has 78 valence electrons. The van der Waals surface area contributed by atoms with Crippen LogP contribution in [-0.4, -0.2) is 5.78 Å². The molecule has 0 saturated heterocycles. The van der Waals surface area contributed by atoms with Crippen molar-refractivity contribution >= 4 is 5.78 Å². The van der Waals surface area contributed by atoms with Crippen molar-refractivity contribution in [3.63, 3.8) is 0 Å². The lowest BCUT2D eigenvalue weighted by Crippen LogP contribution is -2.17. The highest BCUT2D eigenvalue weighted by molar-refractivity contribution is 6.07. The molecule has 0 aliphatic heterocycles. The second-order valence-corrected chi connectivity index (χ2v) is 4.81. The number of hydrogen-bond donors (Lipinski definition) is 0. The van der Waals surface area contributed by atoms with Crippen LogP contribution in [0, 0.1) is 5.41 Å². The van der Waals surface area contributed by atoms with Crippen LogP contribution in [0.25, 0.3) is 0 Å². The molecule has 0 spiro atoms. The van der Waals surface area contributed by atoms with Gasteiger partial charge in [-0.25, -0.2) is 0 Å². The van der Waals surface area contributed by atoms with E-state index in [0.717, 1.165) is 24.0 Å². The van der Waals surface area contributed by atoms with Gasteiger partial charge in [-0.1, -0.05) is 26.0 Å². The molecule has 0 amide bonds. The number of ketones is 1. The lowest BCUT2D eigenvalue weighted by molar-refractivity contribution is -0.112. The summed E-state index contributed by atoms with van der Waals surface area (Å²) in [6.07, 6.45) is 7.34. The Hall–Kier alpha value is -0.850. The Balaban J connectivity index is 2.89. The summed E-state index contributed by atoms with van der Waals surface area (Å²) in [7, 11) is 0. The zero-order chi connectivity index (χ0) is 10.8. The van der Waals surface area contributed by atoms with Crippen molar-refractivity contribution in [1.82, 2.24) is 0 Å². The normalized spacial score (nSPS) is 21.7. The van der Waals surface area contributed by atoms with E-state index in [2.05, 4.69) is 19.9 Å². The zero-order valence-electron chi connectivity index (χ0n) is 9.68. The van der Waals surface area contributed by atoms with Crippen molar-refractivity contribution in [3.05, 3.63) is 23.3 Å². The maximum atomic E-state index is 11.9. The molecule has 0 radical (unpaired) electrons. The lowest BCUT2D eigenvalue weighted by atomic mass is 9.78. The van der Waals surface area contributed by atoms with Crippen LogP contribution in [0.5, 0.6) is 0 Å². The van der Waals surface area contributed by atoms with E-state index in [-0.39, 0.29) is 11.2 Å². The zero-order valence-corrected chi connectivity index (χ0v) is 9.68. The molecule has 1 aliphatic rings. The standard InChI is InChI=1S/C13H20O/c1-5-10(2)12(14)11-7-6-8-13(3,4)9-11/h5,9H,6-8H2,1-4H3/b10-5+. The molecule has 0 heterocycles. The second-order valence-electron chi connectivity index (χ2n) is 4.81. The third kappa shape index (κ3) is 2.57. The van der Waals surface area contributed by atoms with Gasteiger partial charge in [-0.2, -0.15) is 0 Å². The van der Waals surface area contributed by atoms with Crippen LogP contribution in [0.1, 0.15) is 47.0 Å². The molecule has 0 saturated carbocycles. The minimum absolute atomic E-state index is 0.206. The SMILES string of the molecule is C/C=C(\C)C(=O)C1=CC(C)(C)CCC1. The third-order valence-electron chi connectivity index (χ3n) is 2.92. The first-order valence-electron chi connectivity index (χ1n) is 5.35. The molecular formula is C13H20O. The summed E-state index contributed by atoms with van der Waals surface area (Å²) < 4.78 is 0. The van der Waals surface area contributed by atoms with Gasteiger partial charge in [-0.3, -0.25) is 4.79 Å². The van der Waals surface area contributed by atoms with Crippen LogP contribution in [0.2, 0.25) is 0 Å². The monoisotopic (exact) mass is 192 g/mol. The van der Waals surface area contributed by atoms with Gasteiger partial charge in [0.1, 0.15) is 0 Å². The molecular weight excluding hydrogens is 172 g/mol. The van der Waals surface area contributed by atoms with Gasteiger partial charge >= 0.3 is 0 Å². The molecule has 0 fully saturated rings. The van der Waals surface area contributed by atoms with Gasteiger partial charge in [0.05, 0.1) is 0 Å². The molecule has 1 heteroatoms. The Bertz CT molecular complexity index is 292. The van der Waals surface area contributed by atoms with Gasteiger partial charge in [0.25, 0.3) is 0 Å². The van der Waals surface area contributed by atoms with Gasteiger partial charge in [0, 0.05) is 0 Å². The van der Waals surface area contributed by atoms with E-state index in [1.807, 2.05) is 19.9 Å². The Morgan fingerprint density at radius 2 is 2.14 bits per heavy atom. The summed E-state index contributed by atoms with van der Waals surface area (Å²) >= 11 is 0. The van der Waals surface area contributed by atoms with Crippen molar-refractivity contribution in [3.8, 4) is 0 Å². The summed E-state index contributed by atoms with van der Waals surface area (Å²) in [6.45, 7) is 8.21. The van der Waals surface area contributed by atoms with E-state index in [1.54, 1.807) is 0 Å². The van der Waals surface area contributed by atoms with E-state index in [4.69, 9.17) is 0 Å². The van der Waals surface area contributed by atoms with Gasteiger partial charge < -0.3 is 0 Å². The molecule has 1 rings (SSSR count). The summed E-state index contributed by atoms with van der Waals surface area (Å²) in [5.74, 6) is 0.236. The van der Waals surface area contributed by atoms with Crippen LogP contribution in [-0.2, 0) is 4.79 Å². The van der Waals surface area contributed by atoms with Crippen molar-refractivity contribution in [2.75, 3.05) is 0 Å². The van der Waals surface area contributed by atoms with Gasteiger partial charge in [0.15, 0.2) is 5.78 Å². The van der Waals surface area contributed by atoms with Crippen LogP contribution in [0.4, 0.5) is 0 Å². The molecule has 0 aromatic carbocycles. The molecule has 0 unspecified atom stereocenters. The largest absolute Gasteiger partial charge is 0.289 e. The summed E-state index contributed by atoms with van der Waals surface area (Å²) in [5.41, 5.74) is 2.09. The molecule has 0 atom stereocenters. The molecule has 1 aliphatic carbocycles. The first kappa shape index (κ1) is 11.2. The highest BCUT2D eigenvalue weighted by Crippen LogP contribution is 2.33. The average molecular weight is 192 g/mol. The lowest BCUT2D eigenvalue weighted by Gasteiger charge is -2.26. The summed E-state index contributed by atoms with van der Waals surface area (Å²) in [5, 5.41) is 0. The molecule has 0 aromatic heterocycles. The quantitative estimate of drug-likeness (QED) is 0.610. The van der Waals surface area contributed by atoms with Crippen LogP contribution < -0.4 is 0 Å². The minimum Gasteiger partial charge on any atom is -0.289 e. The van der Waals surface area contributed by atoms with Crippen LogP contribution in [0.3, 0.4) is 0 Å². The fraction of sp³-hybridized carbons (Fsp3) is 0.615. The van der Waals surface area contributed by atoms with Gasteiger partial charge in [-0.15, -0.1) is 0 Å². The van der Waals surface area contributed by atoms with Gasteiger partial charge in [-0.05, 0) is 49.7 Å². The van der Waals surface area contributed by atoms with Crippen LogP contribution in [0.15, 0.2) is 23.3 Å². The number of Topliss-reactive ketones (excluding diaryl/α,β-unsaturated/α-hetero) is 1. The number of rotatable bonds is 2. The fourth-order valence-corrected chi connectivity index (χ4v) is 1.91. The molecule has 14 heavy (non-hydrogen) atoms. The third-order valence-corrected chi connectivity index (χ3v) is 2.92. The maximum absolute atomic E-state index is 11.9. The number of hydrogen-bond acceptors (Lipinski definition) is 1. The summed E-state index contributed by atoms with van der Waals surface area (Å²) in [6, 6.07) is 0. The van der Waals surface area contributed by atoms with Crippen molar-refractivity contribution in [2.45, 2.75) is 47.0 Å². The highest BCUT2D eigenvalue weighted by Gasteiger charge is 2.23. The first-order chi connectivity index (χ1) is 6.46. The Kier molecular flexibility index (Phi) is 3.30. The Labute approximate surface area is 86.9 Å². The Morgan fingerprint density at radius 1 is 1.50 bits per heavy atom. The van der Waals surface area contributed by atoms with Crippen molar-refractivity contribution in [1.29, 1.82) is 0 Å². The van der Waals surface area contributed by atoms with E-state index in [9.17, 15) is 4.79 Å². The molecule has 1 nitrogen and oxygen atoms in total. The van der Waals surface area contributed by atoms with E-state index < -0.39 is 0 Å². The fourth-order valence-electron chi connectivity index (χ4n) is 1.91. The number of carbonyl (C=O) groups is 1. The molecule has 0 bridgehead atoms. The topological polar surface area (TPSA) is 17.1 Å². The number of carbonyl (C=O) groups excluding carboxylic acids is 1. The number of allylic oxidation sites excluding steroid dienone is 4. The molecule has 0 aromatic rings. The van der Waals surface area contributed by atoms with Gasteiger partial charge in [0.2, 0.25) is 0 Å². The predicted molar refractivity (Wildman–Crippen MR) is 60.2 cm³/mol. The summed E-state index contributed by atoms with van der Waals surface area (Å²) in [4.78, 5) is 11.9. The maximum Gasteiger partial charge on any atom is 0.184 e. The minimum atomic E-state index is 0.206. The van der Waals surface area contributed by atoms with E-state index in [0.29, 0.717) is 0 Å². The predicted octanol–water partition coefficient (Wildman–Crippen LogP) is 3.66. The first-order valence-corrected chi connectivity index (χ1v) is 5.35. The highest BCUT2D eigenvalue weighted by atomic mass is 16.1. The molecule has 0 N–H and O–H groups in total. The van der Waals surface area contributed by atoms with Crippen molar-refractivity contribution in [2.24, 2.45) is 5.41 Å². The van der Waals surface area contributed by atoms with Crippen molar-refractivity contribution < 1.29 is 4.79 Å². The van der Waals surface area contributed by atoms with Crippen LogP contribution >= 0.6 is 0 Å². The Morgan fingerprint density at radius 3 is 2.64 bits per heavy atom. The smallest absolute Gasteiger partial charge is 0.184 e. The van der Waals surface area contributed by atoms with E-state index >= 15 is 0 Å².